The standard InChI is InChI=1S/C15H25N3O4S/c1-11-9-16-13(23-11)12(2)18-14(20)17-10-15(22-8-5-19)3-6-21-7-4-15/h9,12,19H,3-8,10H2,1-2H3,(H2,17,18,20)/t12-/m1/s1. The number of aromatic nitrogens is 1. The zero-order valence-corrected chi connectivity index (χ0v) is 14.4. The molecule has 0 bridgehead atoms. The molecular formula is C15H25N3O4S. The molecule has 1 aromatic heterocycles. The molecular weight excluding hydrogens is 318 g/mol. The Morgan fingerprint density at radius 3 is 2.91 bits per heavy atom. The minimum absolute atomic E-state index is 0.0325. The molecule has 1 saturated heterocycles. The van der Waals surface area contributed by atoms with Gasteiger partial charge in [0.1, 0.15) is 5.01 Å². The number of ether oxygens (including phenoxy) is 2. The maximum absolute atomic E-state index is 12.1. The summed E-state index contributed by atoms with van der Waals surface area (Å²) >= 11 is 1.57. The second-order valence-corrected chi connectivity index (χ2v) is 6.99. The average molecular weight is 343 g/mol. The maximum Gasteiger partial charge on any atom is 0.315 e. The molecule has 0 unspecified atom stereocenters. The molecule has 0 spiro atoms. The van der Waals surface area contributed by atoms with Crippen molar-refractivity contribution in [1.82, 2.24) is 15.6 Å². The molecule has 1 aliphatic heterocycles. The van der Waals surface area contributed by atoms with Crippen LogP contribution in [0.15, 0.2) is 6.20 Å². The number of nitrogens with zero attached hydrogens (tertiary/aromatic N) is 1. The lowest BCUT2D eigenvalue weighted by molar-refractivity contribution is -0.114. The van der Waals surface area contributed by atoms with Gasteiger partial charge in [0.2, 0.25) is 0 Å². The Bertz CT molecular complexity index is 503. The van der Waals surface area contributed by atoms with Crippen LogP contribution >= 0.6 is 11.3 Å². The van der Waals surface area contributed by atoms with Gasteiger partial charge < -0.3 is 25.2 Å². The van der Waals surface area contributed by atoms with E-state index in [2.05, 4.69) is 15.6 Å². The first kappa shape index (κ1) is 18.1. The molecule has 2 rings (SSSR count). The van der Waals surface area contributed by atoms with Crippen molar-refractivity contribution in [3.05, 3.63) is 16.1 Å². The highest BCUT2D eigenvalue weighted by atomic mass is 32.1. The van der Waals surface area contributed by atoms with E-state index in [-0.39, 0.29) is 25.3 Å². The molecule has 7 nitrogen and oxygen atoms in total. The predicted molar refractivity (Wildman–Crippen MR) is 87.6 cm³/mol. The lowest BCUT2D eigenvalue weighted by atomic mass is 9.94. The van der Waals surface area contributed by atoms with Crippen LogP contribution in [0.3, 0.4) is 0 Å². The van der Waals surface area contributed by atoms with Crippen LogP contribution in [0, 0.1) is 6.92 Å². The topological polar surface area (TPSA) is 92.7 Å². The van der Waals surface area contributed by atoms with E-state index in [0.717, 1.165) is 9.88 Å². The van der Waals surface area contributed by atoms with Gasteiger partial charge in [-0.2, -0.15) is 0 Å². The minimum atomic E-state index is -0.459. The second kappa shape index (κ2) is 8.58. The predicted octanol–water partition coefficient (Wildman–Crippen LogP) is 1.37. The SMILES string of the molecule is Cc1cnc([C@@H](C)NC(=O)NCC2(OCCO)CCOCC2)s1. The average Bonchev–Trinajstić information content (AvgIpc) is 2.99. The van der Waals surface area contributed by atoms with Crippen molar-refractivity contribution in [2.45, 2.75) is 38.3 Å². The molecule has 0 aromatic carbocycles. The molecule has 2 heterocycles. The van der Waals surface area contributed by atoms with Gasteiger partial charge in [-0.3, -0.25) is 0 Å². The van der Waals surface area contributed by atoms with E-state index in [1.807, 2.05) is 13.8 Å². The summed E-state index contributed by atoms with van der Waals surface area (Å²) in [6.07, 6.45) is 3.21. The van der Waals surface area contributed by atoms with Crippen molar-refractivity contribution in [1.29, 1.82) is 0 Å². The second-order valence-electron chi connectivity index (χ2n) is 5.73. The zero-order chi connectivity index (χ0) is 16.7. The fourth-order valence-corrected chi connectivity index (χ4v) is 3.28. The lowest BCUT2D eigenvalue weighted by Crippen LogP contribution is -2.51. The van der Waals surface area contributed by atoms with Crippen LogP contribution in [0.25, 0.3) is 0 Å². The quantitative estimate of drug-likeness (QED) is 0.695. The number of nitrogens with one attached hydrogen (secondary N) is 2. The normalized spacial score (nSPS) is 18.4. The van der Waals surface area contributed by atoms with E-state index >= 15 is 0 Å². The fourth-order valence-electron chi connectivity index (χ4n) is 2.50. The number of aliphatic hydroxyl groups is 1. The summed E-state index contributed by atoms with van der Waals surface area (Å²) in [5.74, 6) is 0. The first-order valence-electron chi connectivity index (χ1n) is 7.84. The monoisotopic (exact) mass is 343 g/mol. The van der Waals surface area contributed by atoms with E-state index in [1.54, 1.807) is 17.5 Å². The molecule has 1 atom stereocenters. The van der Waals surface area contributed by atoms with Gasteiger partial charge in [-0.25, -0.2) is 9.78 Å². The van der Waals surface area contributed by atoms with Crippen LogP contribution in [-0.2, 0) is 9.47 Å². The van der Waals surface area contributed by atoms with Crippen LogP contribution in [0.2, 0.25) is 0 Å². The van der Waals surface area contributed by atoms with Gasteiger partial charge in [0, 0.05) is 43.7 Å². The molecule has 0 aliphatic carbocycles. The van der Waals surface area contributed by atoms with E-state index in [9.17, 15) is 4.79 Å². The summed E-state index contributed by atoms with van der Waals surface area (Å²) < 4.78 is 11.1. The van der Waals surface area contributed by atoms with Crippen LogP contribution in [0.5, 0.6) is 0 Å². The molecule has 1 aromatic rings. The summed E-state index contributed by atoms with van der Waals surface area (Å²) in [6, 6.07) is -0.387. The van der Waals surface area contributed by atoms with Crippen molar-refractivity contribution in [3.8, 4) is 0 Å². The fraction of sp³-hybridized carbons (Fsp3) is 0.733. The molecule has 2 amide bonds. The number of amides is 2. The molecule has 0 saturated carbocycles. The molecule has 8 heteroatoms. The van der Waals surface area contributed by atoms with Gasteiger partial charge in [0.15, 0.2) is 0 Å². The van der Waals surface area contributed by atoms with E-state index < -0.39 is 5.60 Å². The van der Waals surface area contributed by atoms with E-state index in [0.29, 0.717) is 32.6 Å². The number of rotatable bonds is 7. The Morgan fingerprint density at radius 1 is 1.57 bits per heavy atom. The van der Waals surface area contributed by atoms with Crippen molar-refractivity contribution in [2.75, 3.05) is 33.0 Å². The van der Waals surface area contributed by atoms with E-state index in [4.69, 9.17) is 14.6 Å². The van der Waals surface area contributed by atoms with Gasteiger partial charge in [-0.1, -0.05) is 0 Å². The zero-order valence-electron chi connectivity index (χ0n) is 13.6. The Hall–Kier alpha value is -1.22. The van der Waals surface area contributed by atoms with Crippen LogP contribution in [-0.4, -0.2) is 54.7 Å². The van der Waals surface area contributed by atoms with Crippen LogP contribution < -0.4 is 10.6 Å². The summed E-state index contributed by atoms with van der Waals surface area (Å²) in [5.41, 5.74) is -0.459. The van der Waals surface area contributed by atoms with Crippen molar-refractivity contribution in [2.24, 2.45) is 0 Å². The maximum atomic E-state index is 12.1. The van der Waals surface area contributed by atoms with Gasteiger partial charge in [0.05, 0.1) is 24.9 Å². The van der Waals surface area contributed by atoms with Crippen molar-refractivity contribution >= 4 is 17.4 Å². The van der Waals surface area contributed by atoms with Crippen LogP contribution in [0.1, 0.15) is 35.7 Å². The molecule has 1 fully saturated rings. The van der Waals surface area contributed by atoms with Gasteiger partial charge >= 0.3 is 6.03 Å². The number of aliphatic hydroxyl groups excluding tert-OH is 1. The number of carbonyl (C=O) groups excluding carboxylic acids is 1. The van der Waals surface area contributed by atoms with Gasteiger partial charge in [-0.05, 0) is 13.8 Å². The summed E-state index contributed by atoms with van der Waals surface area (Å²) in [5, 5.41) is 15.6. The summed E-state index contributed by atoms with van der Waals surface area (Å²) in [4.78, 5) is 17.5. The highest BCUT2D eigenvalue weighted by Crippen LogP contribution is 2.24. The van der Waals surface area contributed by atoms with Gasteiger partial charge in [0.25, 0.3) is 0 Å². The van der Waals surface area contributed by atoms with Crippen molar-refractivity contribution in [3.63, 3.8) is 0 Å². The van der Waals surface area contributed by atoms with Crippen LogP contribution in [0.4, 0.5) is 4.79 Å². The number of carbonyl (C=O) groups is 1. The number of hydrogen-bond donors (Lipinski definition) is 3. The smallest absolute Gasteiger partial charge is 0.315 e. The first-order chi connectivity index (χ1) is 11.0. The van der Waals surface area contributed by atoms with E-state index in [1.165, 1.54) is 0 Å². The number of thiazole rings is 1. The highest BCUT2D eigenvalue weighted by molar-refractivity contribution is 7.11. The summed E-state index contributed by atoms with van der Waals surface area (Å²) in [7, 11) is 0. The van der Waals surface area contributed by atoms with Gasteiger partial charge in [-0.15, -0.1) is 11.3 Å². The number of urea groups is 1. The lowest BCUT2D eigenvalue weighted by Gasteiger charge is -2.37. The minimum Gasteiger partial charge on any atom is -0.394 e. The van der Waals surface area contributed by atoms with Crippen molar-refractivity contribution < 1.29 is 19.4 Å². The Labute approximate surface area is 140 Å². The molecule has 0 radical (unpaired) electrons. The largest absolute Gasteiger partial charge is 0.394 e. The Kier molecular flexibility index (Phi) is 6.76. The molecule has 23 heavy (non-hydrogen) atoms. The third-order valence-electron chi connectivity index (χ3n) is 3.83. The Balaban J connectivity index is 1.83. The third-order valence-corrected chi connectivity index (χ3v) is 4.93. The number of hydrogen-bond acceptors (Lipinski definition) is 6. The molecule has 1 aliphatic rings. The Morgan fingerprint density at radius 2 is 2.30 bits per heavy atom. The molecule has 130 valence electrons. The highest BCUT2D eigenvalue weighted by Gasteiger charge is 2.34. The number of aryl methyl sites for hydroxylation is 1. The third kappa shape index (κ3) is 5.42. The molecule has 3 N–H and O–H groups in total. The summed E-state index contributed by atoms with van der Waals surface area (Å²) in [6.45, 7) is 5.72. The first-order valence-corrected chi connectivity index (χ1v) is 8.65.